The Bertz CT molecular complexity index is 1740. The number of nitrogens with zero attached hydrogens (tertiary/aromatic N) is 3. The molecule has 224 valence electrons. The van der Waals surface area contributed by atoms with Crippen LogP contribution < -0.4 is 5.32 Å². The average Bonchev–Trinajstić information content (AvgIpc) is 3.47. The summed E-state index contributed by atoms with van der Waals surface area (Å²) >= 11 is 12.6. The Balaban J connectivity index is 1.57. The van der Waals surface area contributed by atoms with Crippen LogP contribution in [0, 0.1) is 11.7 Å². The number of imidazole rings is 1. The summed E-state index contributed by atoms with van der Waals surface area (Å²) < 4.78 is 23.1. The molecule has 6 rings (SSSR count). The van der Waals surface area contributed by atoms with Gasteiger partial charge in [-0.15, -0.1) is 0 Å². The van der Waals surface area contributed by atoms with E-state index in [1.165, 1.54) is 13.2 Å². The number of ether oxygens (including phenoxy) is 1. The van der Waals surface area contributed by atoms with Crippen molar-refractivity contribution in [3.05, 3.63) is 93.5 Å². The number of fused-ring (bicyclic) bond motifs is 5. The molecule has 7 nitrogen and oxygen atoms in total. The summed E-state index contributed by atoms with van der Waals surface area (Å²) in [4.78, 5) is 34.2. The molecule has 43 heavy (non-hydrogen) atoms. The fourth-order valence-corrected chi connectivity index (χ4v) is 7.53. The third-order valence-corrected chi connectivity index (χ3v) is 9.47. The Morgan fingerprint density at radius 3 is 2.63 bits per heavy atom. The van der Waals surface area contributed by atoms with Crippen molar-refractivity contribution in [3.8, 4) is 0 Å². The summed E-state index contributed by atoms with van der Waals surface area (Å²) in [6.07, 6.45) is 0.729. The van der Waals surface area contributed by atoms with E-state index in [0.717, 1.165) is 17.8 Å². The molecule has 0 bridgehead atoms. The molecule has 1 fully saturated rings. The predicted octanol–water partition coefficient (Wildman–Crippen LogP) is 7.28. The number of amides is 1. The van der Waals surface area contributed by atoms with E-state index in [9.17, 15) is 9.59 Å². The number of esters is 1. The van der Waals surface area contributed by atoms with Crippen molar-refractivity contribution in [1.29, 1.82) is 0 Å². The lowest BCUT2D eigenvalue weighted by molar-refractivity contribution is -0.127. The molecule has 4 atom stereocenters. The molecule has 0 saturated carbocycles. The zero-order valence-corrected chi connectivity index (χ0v) is 25.9. The van der Waals surface area contributed by atoms with Gasteiger partial charge in [0.25, 0.3) is 0 Å². The molecule has 2 aliphatic rings. The first-order chi connectivity index (χ1) is 20.5. The van der Waals surface area contributed by atoms with Crippen molar-refractivity contribution >= 4 is 51.8 Å². The van der Waals surface area contributed by atoms with E-state index < -0.39 is 23.2 Å². The second-order valence-electron chi connectivity index (χ2n) is 12.0. The number of carbonyl (C=O) groups is 2. The molecular formula is C33H33Cl2FN4O3. The molecule has 1 saturated heterocycles. The summed E-state index contributed by atoms with van der Waals surface area (Å²) in [6.45, 7) is 7.41. The number of hydrogen-bond donors (Lipinski definition) is 1. The predicted molar refractivity (Wildman–Crippen MR) is 166 cm³/mol. The van der Waals surface area contributed by atoms with Crippen LogP contribution in [0.15, 0.2) is 60.7 Å². The lowest BCUT2D eigenvalue weighted by Crippen LogP contribution is -2.56. The number of hydrogen-bond acceptors (Lipinski definition) is 5. The van der Waals surface area contributed by atoms with E-state index in [1.54, 1.807) is 48.5 Å². The summed E-state index contributed by atoms with van der Waals surface area (Å²) in [5, 5.41) is 3.59. The van der Waals surface area contributed by atoms with Gasteiger partial charge in [-0.05, 0) is 67.3 Å². The highest BCUT2D eigenvalue weighted by molar-refractivity contribution is 6.31. The Morgan fingerprint density at radius 2 is 1.91 bits per heavy atom. The molecule has 4 aromatic rings. The highest BCUT2D eigenvalue weighted by Gasteiger charge is 2.63. The van der Waals surface area contributed by atoms with E-state index in [2.05, 4.69) is 28.6 Å². The van der Waals surface area contributed by atoms with E-state index in [-0.39, 0.29) is 28.8 Å². The number of carbonyl (C=O) groups excluding carboxylic acids is 2. The van der Waals surface area contributed by atoms with Gasteiger partial charge in [0, 0.05) is 41.7 Å². The molecule has 0 spiro atoms. The number of nitrogens with one attached hydrogen (secondary N) is 1. The van der Waals surface area contributed by atoms with E-state index in [0.29, 0.717) is 40.4 Å². The molecule has 2 aliphatic heterocycles. The quantitative estimate of drug-likeness (QED) is 0.229. The average molecular weight is 624 g/mol. The number of aryl methyl sites for hydroxylation is 1. The van der Waals surface area contributed by atoms with Crippen molar-refractivity contribution in [1.82, 2.24) is 14.5 Å². The number of methoxy groups -OCH3 is 1. The number of halogens is 3. The maximum Gasteiger partial charge on any atom is 0.337 e. The fraction of sp³-hybridized carbons (Fsp3) is 0.364. The van der Waals surface area contributed by atoms with Crippen LogP contribution >= 0.6 is 23.2 Å². The van der Waals surface area contributed by atoms with Crippen molar-refractivity contribution in [3.63, 3.8) is 0 Å². The maximum absolute atomic E-state index is 16.1. The highest BCUT2D eigenvalue weighted by Crippen LogP contribution is 2.57. The topological polar surface area (TPSA) is 76.5 Å². The van der Waals surface area contributed by atoms with Gasteiger partial charge < -0.3 is 14.6 Å². The summed E-state index contributed by atoms with van der Waals surface area (Å²) in [6, 6.07) is 17.2. The zero-order chi connectivity index (χ0) is 30.6. The first-order valence-electron chi connectivity index (χ1n) is 14.4. The van der Waals surface area contributed by atoms with E-state index in [1.807, 2.05) is 13.0 Å². The van der Waals surface area contributed by atoms with E-state index >= 15 is 4.39 Å². The maximum atomic E-state index is 16.1. The number of aromatic nitrogens is 2. The molecule has 1 N–H and O–H groups in total. The molecule has 3 aromatic carbocycles. The van der Waals surface area contributed by atoms with Crippen molar-refractivity contribution < 1.29 is 18.7 Å². The third-order valence-electron chi connectivity index (χ3n) is 8.94. The number of anilines is 1. The number of rotatable bonds is 6. The van der Waals surface area contributed by atoms with Gasteiger partial charge in [-0.25, -0.2) is 14.2 Å². The monoisotopic (exact) mass is 622 g/mol. The largest absolute Gasteiger partial charge is 0.465 e. The lowest BCUT2D eigenvalue weighted by Gasteiger charge is -2.41. The van der Waals surface area contributed by atoms with E-state index in [4.69, 9.17) is 32.9 Å². The molecule has 0 unspecified atom stereocenters. The van der Waals surface area contributed by atoms with Gasteiger partial charge in [0.1, 0.15) is 17.2 Å². The normalized spacial score (nSPS) is 23.3. The van der Waals surface area contributed by atoms with Gasteiger partial charge in [0.2, 0.25) is 5.91 Å². The van der Waals surface area contributed by atoms with Crippen molar-refractivity contribution in [2.45, 2.75) is 57.2 Å². The van der Waals surface area contributed by atoms with Gasteiger partial charge >= 0.3 is 5.97 Å². The zero-order valence-electron chi connectivity index (χ0n) is 24.4. The molecule has 1 amide bonds. The van der Waals surface area contributed by atoms with Gasteiger partial charge in [-0.1, -0.05) is 55.2 Å². The Hall–Kier alpha value is -3.46. The standard InChI is InChI=1S/C33H33Cl2FN4O3/c1-18(2)17-40-26-13-14-39-25-12-11-19(31(41)43-4)15-24(25)38-30(39)27(26)28(22-9-6-10-23(35)29(22)36)33(40,3)32(42)37-21-8-5-7-20(34)16-21/h5-12,15-16,18,26-28H,13-14,17H2,1-4H3,(H,37,42)/t26-,27+,28-,33+/m0/s1. The Morgan fingerprint density at radius 1 is 1.14 bits per heavy atom. The SMILES string of the molecule is COC(=O)c1ccc2c(c1)nc1n2CC[C@H]2[C@@H]1[C@H](c1cccc(Cl)c1F)[C@](C)(C(=O)Nc1cccc(Cl)c1)N2CC(C)C. The number of benzene rings is 3. The summed E-state index contributed by atoms with van der Waals surface area (Å²) in [7, 11) is 1.34. The lowest BCUT2D eigenvalue weighted by atomic mass is 9.73. The van der Waals surface area contributed by atoms with Crippen LogP contribution in [0.1, 0.15) is 60.8 Å². The van der Waals surface area contributed by atoms with Crippen LogP contribution in [0.5, 0.6) is 0 Å². The molecule has 1 aromatic heterocycles. The van der Waals surface area contributed by atoms with Crippen LogP contribution in [0.2, 0.25) is 10.0 Å². The third kappa shape index (κ3) is 4.89. The van der Waals surface area contributed by atoms with Crippen LogP contribution in [0.3, 0.4) is 0 Å². The minimum absolute atomic E-state index is 0.000918. The Labute approximate surface area is 259 Å². The highest BCUT2D eigenvalue weighted by atomic mass is 35.5. The van der Waals surface area contributed by atoms with Crippen LogP contribution in [-0.2, 0) is 16.1 Å². The minimum atomic E-state index is -1.18. The van der Waals surface area contributed by atoms with Crippen LogP contribution in [0.25, 0.3) is 11.0 Å². The van der Waals surface area contributed by atoms with Gasteiger partial charge in [-0.2, -0.15) is 0 Å². The van der Waals surface area contributed by atoms with Crippen molar-refractivity contribution in [2.75, 3.05) is 19.0 Å². The first kappa shape index (κ1) is 29.6. The molecule has 3 heterocycles. The van der Waals surface area contributed by atoms with Gasteiger partial charge in [0.05, 0.1) is 28.7 Å². The van der Waals surface area contributed by atoms with Gasteiger partial charge in [-0.3, -0.25) is 9.69 Å². The Kier molecular flexibility index (Phi) is 7.73. The molecular weight excluding hydrogens is 590 g/mol. The molecule has 0 radical (unpaired) electrons. The fourth-order valence-electron chi connectivity index (χ4n) is 7.16. The second kappa shape index (κ2) is 11.2. The summed E-state index contributed by atoms with van der Waals surface area (Å²) in [5.41, 5.74) is 1.67. The minimum Gasteiger partial charge on any atom is -0.465 e. The van der Waals surface area contributed by atoms with Crippen molar-refractivity contribution in [2.24, 2.45) is 5.92 Å². The van der Waals surface area contributed by atoms with Crippen LogP contribution in [0.4, 0.5) is 10.1 Å². The summed E-state index contributed by atoms with van der Waals surface area (Å²) in [5.74, 6) is -1.24. The second-order valence-corrected chi connectivity index (χ2v) is 12.8. The molecule has 10 heteroatoms. The smallest absolute Gasteiger partial charge is 0.337 e. The first-order valence-corrected chi connectivity index (χ1v) is 15.2. The van der Waals surface area contributed by atoms with Crippen LogP contribution in [-0.4, -0.2) is 51.6 Å². The molecule has 0 aliphatic carbocycles. The number of likely N-dealkylation sites (tertiary alicyclic amines) is 1. The van der Waals surface area contributed by atoms with Gasteiger partial charge in [0.15, 0.2) is 0 Å².